The summed E-state index contributed by atoms with van der Waals surface area (Å²) in [6.07, 6.45) is 72.9. The molecule has 1 amide bonds. The number of hydrogen-bond donors (Lipinski definition) is 3. The highest BCUT2D eigenvalue weighted by Crippen LogP contribution is 2.43. The Kier molecular flexibility index (Phi) is 52.7. The molecule has 9 heteroatoms. The lowest BCUT2D eigenvalue weighted by molar-refractivity contribution is -0.870. The molecule has 8 nitrogen and oxygen atoms in total. The van der Waals surface area contributed by atoms with Gasteiger partial charge in [-0.3, -0.25) is 13.8 Å². The molecule has 0 aromatic rings. The summed E-state index contributed by atoms with van der Waals surface area (Å²) in [5.41, 5.74) is 0. The van der Waals surface area contributed by atoms with Crippen molar-refractivity contribution in [2.75, 3.05) is 40.9 Å². The van der Waals surface area contributed by atoms with Gasteiger partial charge in [0.15, 0.2) is 0 Å². The van der Waals surface area contributed by atoms with Crippen molar-refractivity contribution in [3.05, 3.63) is 60.8 Å². The Morgan fingerprint density at radius 1 is 0.486 bits per heavy atom. The maximum absolute atomic E-state index is 13.0. The number of unbranched alkanes of at least 4 members (excludes halogenated alkanes) is 33. The minimum Gasteiger partial charge on any atom is -0.391 e. The average Bonchev–Trinajstić information content (AvgIpc) is 3.34. The third-order valence-corrected chi connectivity index (χ3v) is 14.8. The van der Waals surface area contributed by atoms with Crippen LogP contribution in [0.15, 0.2) is 60.8 Å². The quantitative estimate of drug-likeness (QED) is 0.0243. The van der Waals surface area contributed by atoms with Crippen molar-refractivity contribution in [1.29, 1.82) is 0 Å². The molecule has 0 bridgehead atoms. The molecular formula is C63H120N2O6P+. The molecule has 72 heavy (non-hydrogen) atoms. The van der Waals surface area contributed by atoms with Gasteiger partial charge in [-0.1, -0.05) is 280 Å². The number of carbonyl (C=O) groups excluding carboxylic acids is 1. The number of hydrogen-bond acceptors (Lipinski definition) is 5. The van der Waals surface area contributed by atoms with E-state index in [1.54, 1.807) is 0 Å². The second-order valence-electron chi connectivity index (χ2n) is 22.1. The first-order chi connectivity index (χ1) is 35.0. The lowest BCUT2D eigenvalue weighted by Crippen LogP contribution is -2.46. The van der Waals surface area contributed by atoms with Gasteiger partial charge in [0.1, 0.15) is 13.2 Å². The standard InChI is InChI=1S/C63H119N2O6P/c1-6-8-10-12-14-16-18-20-22-24-26-28-29-30-31-32-33-34-35-37-38-40-42-44-46-48-50-52-54-56-62(66)61(60-71-72(68,69)70-59-58-65(3,4)5)64-63(67)57-55-53-51-49-47-45-43-41-39-36-27-25-23-21-19-17-15-13-11-9-7-2/h9,11,15,17,21,23,27,36,41,43,61-62,66H,6-8,10,12-14,16,18-20,22,24-26,28-35,37-40,42,44-60H2,1-5H3,(H-,64,67,68,69)/p+1/b11-9-,17-15-,23-21-,36-27-,43-41-. The Hall–Kier alpha value is -1.80. The van der Waals surface area contributed by atoms with Gasteiger partial charge in [0.25, 0.3) is 0 Å². The molecule has 0 heterocycles. The van der Waals surface area contributed by atoms with Gasteiger partial charge in [-0.05, 0) is 57.8 Å². The summed E-state index contributed by atoms with van der Waals surface area (Å²) in [4.78, 5) is 23.4. The molecular weight excluding hydrogens is 912 g/mol. The zero-order chi connectivity index (χ0) is 52.7. The van der Waals surface area contributed by atoms with Gasteiger partial charge in [0, 0.05) is 6.42 Å². The van der Waals surface area contributed by atoms with Gasteiger partial charge in [-0.25, -0.2) is 4.57 Å². The van der Waals surface area contributed by atoms with Crippen molar-refractivity contribution in [3.63, 3.8) is 0 Å². The summed E-state index contributed by atoms with van der Waals surface area (Å²) >= 11 is 0. The Labute approximate surface area is 447 Å². The number of quaternary nitrogens is 1. The third kappa shape index (κ3) is 55.9. The largest absolute Gasteiger partial charge is 0.472 e. The fourth-order valence-electron chi connectivity index (χ4n) is 9.02. The number of likely N-dealkylation sites (N-methyl/N-ethyl adjacent to an activating group) is 1. The summed E-state index contributed by atoms with van der Waals surface area (Å²) in [5, 5.41) is 14.1. The fourth-order valence-corrected chi connectivity index (χ4v) is 9.75. The van der Waals surface area contributed by atoms with Gasteiger partial charge >= 0.3 is 7.82 Å². The van der Waals surface area contributed by atoms with Crippen LogP contribution >= 0.6 is 7.82 Å². The molecule has 0 aliphatic rings. The number of phosphoric acid groups is 1. The second kappa shape index (κ2) is 54.0. The van der Waals surface area contributed by atoms with E-state index in [1.807, 2.05) is 21.1 Å². The van der Waals surface area contributed by atoms with E-state index < -0.39 is 20.0 Å². The highest BCUT2D eigenvalue weighted by molar-refractivity contribution is 7.47. The lowest BCUT2D eigenvalue weighted by atomic mass is 10.0. The molecule has 0 fully saturated rings. The van der Waals surface area contributed by atoms with Crippen molar-refractivity contribution < 1.29 is 32.9 Å². The summed E-state index contributed by atoms with van der Waals surface area (Å²) in [7, 11) is 1.60. The highest BCUT2D eigenvalue weighted by Gasteiger charge is 2.28. The number of allylic oxidation sites excluding steroid dienone is 10. The van der Waals surface area contributed by atoms with E-state index in [0.717, 1.165) is 89.9 Å². The molecule has 0 spiro atoms. The SMILES string of the molecule is CC/C=C\C/C=C\C/C=C\C/C=C\C/C=C\CCCCCCCC(=O)NC(COP(=O)(O)OCC[N+](C)(C)C)C(O)CCCCCCCCCCCCCCCCCCCCCCCCCCCCCCC. The predicted molar refractivity (Wildman–Crippen MR) is 314 cm³/mol. The van der Waals surface area contributed by atoms with Crippen LogP contribution in [-0.4, -0.2) is 73.4 Å². The molecule has 0 saturated heterocycles. The van der Waals surface area contributed by atoms with Crippen molar-refractivity contribution in [2.45, 2.75) is 296 Å². The first-order valence-electron chi connectivity index (χ1n) is 30.7. The van der Waals surface area contributed by atoms with Crippen molar-refractivity contribution in [3.8, 4) is 0 Å². The molecule has 0 radical (unpaired) electrons. The highest BCUT2D eigenvalue weighted by atomic mass is 31.2. The molecule has 3 atom stereocenters. The van der Waals surface area contributed by atoms with Crippen molar-refractivity contribution in [2.24, 2.45) is 0 Å². The van der Waals surface area contributed by atoms with Crippen molar-refractivity contribution in [1.82, 2.24) is 5.32 Å². The van der Waals surface area contributed by atoms with Crippen molar-refractivity contribution >= 4 is 13.7 Å². The Morgan fingerprint density at radius 2 is 0.833 bits per heavy atom. The van der Waals surface area contributed by atoms with Crippen LogP contribution in [0.2, 0.25) is 0 Å². The maximum Gasteiger partial charge on any atom is 0.472 e. The number of nitrogens with zero attached hydrogens (tertiary/aromatic N) is 1. The number of amides is 1. The van der Waals surface area contributed by atoms with E-state index in [9.17, 15) is 19.4 Å². The number of aliphatic hydroxyl groups excluding tert-OH is 1. The summed E-state index contributed by atoms with van der Waals surface area (Å²) < 4.78 is 23.8. The minimum absolute atomic E-state index is 0.0683. The summed E-state index contributed by atoms with van der Waals surface area (Å²) in [6.45, 7) is 4.79. The zero-order valence-corrected chi connectivity index (χ0v) is 49.1. The van der Waals surface area contributed by atoms with Crippen LogP contribution in [0.4, 0.5) is 0 Å². The second-order valence-corrected chi connectivity index (χ2v) is 23.5. The molecule has 0 aromatic heterocycles. The summed E-state index contributed by atoms with van der Waals surface area (Å²) in [6, 6.07) is -0.776. The minimum atomic E-state index is -4.34. The van der Waals surface area contributed by atoms with E-state index in [-0.39, 0.29) is 19.1 Å². The van der Waals surface area contributed by atoms with Crippen LogP contribution in [-0.2, 0) is 18.4 Å². The molecule has 0 aliphatic heterocycles. The molecule has 0 rings (SSSR count). The van der Waals surface area contributed by atoms with E-state index in [1.165, 1.54) is 167 Å². The number of carbonyl (C=O) groups is 1. The maximum atomic E-state index is 13.0. The average molecular weight is 1030 g/mol. The number of aliphatic hydroxyl groups is 1. The van der Waals surface area contributed by atoms with E-state index >= 15 is 0 Å². The van der Waals surface area contributed by atoms with E-state index in [4.69, 9.17) is 9.05 Å². The zero-order valence-electron chi connectivity index (χ0n) is 48.2. The summed E-state index contributed by atoms with van der Waals surface area (Å²) in [5.74, 6) is -0.161. The van der Waals surface area contributed by atoms with E-state index in [0.29, 0.717) is 23.9 Å². The van der Waals surface area contributed by atoms with Crippen LogP contribution in [0.3, 0.4) is 0 Å². The Bertz CT molecular complexity index is 1360. The number of nitrogens with one attached hydrogen (secondary N) is 1. The number of rotatable bonds is 56. The van der Waals surface area contributed by atoms with Crippen LogP contribution in [0.5, 0.6) is 0 Å². The van der Waals surface area contributed by atoms with Gasteiger partial charge < -0.3 is 19.8 Å². The fraction of sp³-hybridized carbons (Fsp3) is 0.825. The first kappa shape index (κ1) is 70.2. The molecule has 0 aliphatic carbocycles. The molecule has 3 N–H and O–H groups in total. The van der Waals surface area contributed by atoms with Gasteiger partial charge in [0.05, 0.1) is 39.9 Å². The molecule has 3 unspecified atom stereocenters. The third-order valence-electron chi connectivity index (χ3n) is 13.8. The predicted octanol–water partition coefficient (Wildman–Crippen LogP) is 18.9. The van der Waals surface area contributed by atoms with Crippen LogP contribution in [0.25, 0.3) is 0 Å². The Balaban J connectivity index is 4.13. The van der Waals surface area contributed by atoms with Gasteiger partial charge in [-0.15, -0.1) is 0 Å². The van der Waals surface area contributed by atoms with Crippen LogP contribution < -0.4 is 5.32 Å². The van der Waals surface area contributed by atoms with Crippen LogP contribution in [0, 0.1) is 0 Å². The molecule has 0 aromatic carbocycles. The topological polar surface area (TPSA) is 105 Å². The monoisotopic (exact) mass is 1030 g/mol. The molecule has 422 valence electrons. The lowest BCUT2D eigenvalue weighted by Gasteiger charge is -2.26. The normalized spacial score (nSPS) is 14.3. The van der Waals surface area contributed by atoms with E-state index in [2.05, 4.69) is 79.9 Å². The van der Waals surface area contributed by atoms with Crippen LogP contribution in [0.1, 0.15) is 284 Å². The first-order valence-corrected chi connectivity index (χ1v) is 32.1. The van der Waals surface area contributed by atoms with Gasteiger partial charge in [-0.2, -0.15) is 0 Å². The number of phosphoric ester groups is 1. The molecule has 0 saturated carbocycles. The van der Waals surface area contributed by atoms with Gasteiger partial charge in [0.2, 0.25) is 5.91 Å². The Morgan fingerprint density at radius 3 is 1.22 bits per heavy atom. The smallest absolute Gasteiger partial charge is 0.391 e.